The highest BCUT2D eigenvalue weighted by molar-refractivity contribution is 5.52. The van der Waals surface area contributed by atoms with Crippen LogP contribution >= 0.6 is 0 Å². The summed E-state index contributed by atoms with van der Waals surface area (Å²) in [6.45, 7) is 3.13. The standard InChI is InChI=1S/C14H18FN5/c1-3-17-12-8-13(19-14(16)18-12)20(2)9-10-6-4-5-7-11(10)15/h4-8H,3,9H2,1-2H3,(H3,16,17,18,19). The Bertz CT molecular complexity index is 588. The number of nitrogens with two attached hydrogens (primary N) is 1. The highest BCUT2D eigenvalue weighted by atomic mass is 19.1. The molecule has 1 heterocycles. The fourth-order valence-electron chi connectivity index (χ4n) is 1.88. The summed E-state index contributed by atoms with van der Waals surface area (Å²) in [7, 11) is 1.84. The lowest BCUT2D eigenvalue weighted by Crippen LogP contribution is -2.19. The molecule has 1 aromatic carbocycles. The van der Waals surface area contributed by atoms with Crippen LogP contribution in [0.3, 0.4) is 0 Å². The minimum Gasteiger partial charge on any atom is -0.370 e. The minimum atomic E-state index is -0.228. The molecule has 0 amide bonds. The molecule has 0 radical (unpaired) electrons. The van der Waals surface area contributed by atoms with E-state index in [-0.39, 0.29) is 11.8 Å². The van der Waals surface area contributed by atoms with E-state index in [0.29, 0.717) is 23.7 Å². The Labute approximate surface area is 117 Å². The highest BCUT2D eigenvalue weighted by Gasteiger charge is 2.09. The van der Waals surface area contributed by atoms with E-state index >= 15 is 0 Å². The average Bonchev–Trinajstić information content (AvgIpc) is 2.41. The first kappa shape index (κ1) is 14.0. The number of hydrogen-bond acceptors (Lipinski definition) is 5. The first-order valence-corrected chi connectivity index (χ1v) is 6.43. The summed E-state index contributed by atoms with van der Waals surface area (Å²) >= 11 is 0. The molecule has 0 aliphatic heterocycles. The molecular formula is C14H18FN5. The first-order valence-electron chi connectivity index (χ1n) is 6.43. The SMILES string of the molecule is CCNc1cc(N(C)Cc2ccccc2F)nc(N)n1. The van der Waals surface area contributed by atoms with Gasteiger partial charge in [0.25, 0.3) is 0 Å². The van der Waals surface area contributed by atoms with Crippen molar-refractivity contribution < 1.29 is 4.39 Å². The molecular weight excluding hydrogens is 257 g/mol. The van der Waals surface area contributed by atoms with Gasteiger partial charge in [0.1, 0.15) is 17.5 Å². The average molecular weight is 275 g/mol. The van der Waals surface area contributed by atoms with Gasteiger partial charge in [-0.1, -0.05) is 18.2 Å². The Balaban J connectivity index is 2.20. The Hall–Kier alpha value is -2.37. The molecule has 0 fully saturated rings. The number of nitrogens with one attached hydrogen (secondary N) is 1. The molecule has 2 rings (SSSR count). The van der Waals surface area contributed by atoms with E-state index in [0.717, 1.165) is 6.54 Å². The zero-order valence-corrected chi connectivity index (χ0v) is 11.6. The van der Waals surface area contributed by atoms with Crippen molar-refractivity contribution in [3.05, 3.63) is 41.7 Å². The van der Waals surface area contributed by atoms with Crippen molar-refractivity contribution >= 4 is 17.6 Å². The van der Waals surface area contributed by atoms with E-state index in [9.17, 15) is 4.39 Å². The lowest BCUT2D eigenvalue weighted by molar-refractivity contribution is 0.607. The summed E-state index contributed by atoms with van der Waals surface area (Å²) in [6, 6.07) is 8.47. The van der Waals surface area contributed by atoms with Crippen LogP contribution in [0.4, 0.5) is 22.0 Å². The summed E-state index contributed by atoms with van der Waals surface area (Å²) in [5.74, 6) is 1.28. The number of anilines is 3. The van der Waals surface area contributed by atoms with Gasteiger partial charge in [0.05, 0.1) is 0 Å². The lowest BCUT2D eigenvalue weighted by atomic mass is 10.2. The molecule has 0 saturated heterocycles. The first-order chi connectivity index (χ1) is 9.60. The Kier molecular flexibility index (Phi) is 4.34. The molecule has 106 valence electrons. The van der Waals surface area contributed by atoms with E-state index in [4.69, 9.17) is 5.73 Å². The lowest BCUT2D eigenvalue weighted by Gasteiger charge is -2.19. The quantitative estimate of drug-likeness (QED) is 0.876. The molecule has 2 aromatic rings. The van der Waals surface area contributed by atoms with Gasteiger partial charge in [-0.05, 0) is 13.0 Å². The largest absolute Gasteiger partial charge is 0.370 e. The number of benzene rings is 1. The van der Waals surface area contributed by atoms with Crippen LogP contribution in [0.1, 0.15) is 12.5 Å². The van der Waals surface area contributed by atoms with Crippen LogP contribution in [0.25, 0.3) is 0 Å². The zero-order chi connectivity index (χ0) is 14.5. The van der Waals surface area contributed by atoms with Crippen molar-refractivity contribution in [2.24, 2.45) is 0 Å². The van der Waals surface area contributed by atoms with Crippen molar-refractivity contribution in [2.45, 2.75) is 13.5 Å². The predicted octanol–water partition coefficient (Wildman–Crippen LogP) is 2.27. The van der Waals surface area contributed by atoms with Crippen LogP contribution in [-0.4, -0.2) is 23.6 Å². The van der Waals surface area contributed by atoms with Gasteiger partial charge in [0, 0.05) is 31.8 Å². The number of halogens is 1. The molecule has 0 aliphatic rings. The van der Waals surface area contributed by atoms with Gasteiger partial charge >= 0.3 is 0 Å². The fraction of sp³-hybridized carbons (Fsp3) is 0.286. The van der Waals surface area contributed by atoms with E-state index in [2.05, 4.69) is 15.3 Å². The number of aromatic nitrogens is 2. The molecule has 0 unspecified atom stereocenters. The van der Waals surface area contributed by atoms with Gasteiger partial charge in [-0.2, -0.15) is 9.97 Å². The topological polar surface area (TPSA) is 67.1 Å². The van der Waals surface area contributed by atoms with E-state index < -0.39 is 0 Å². The molecule has 0 saturated carbocycles. The van der Waals surface area contributed by atoms with Gasteiger partial charge in [0.2, 0.25) is 5.95 Å². The molecule has 0 bridgehead atoms. The maximum atomic E-state index is 13.6. The number of nitrogen functional groups attached to an aromatic ring is 1. The summed E-state index contributed by atoms with van der Waals surface area (Å²) in [4.78, 5) is 10.1. The van der Waals surface area contributed by atoms with Crippen LogP contribution in [0.2, 0.25) is 0 Å². The fourth-order valence-corrected chi connectivity index (χ4v) is 1.88. The van der Waals surface area contributed by atoms with Crippen LogP contribution in [0.5, 0.6) is 0 Å². The third-order valence-corrected chi connectivity index (χ3v) is 2.84. The second-order valence-electron chi connectivity index (χ2n) is 4.45. The van der Waals surface area contributed by atoms with Crippen molar-refractivity contribution in [1.82, 2.24) is 9.97 Å². The maximum Gasteiger partial charge on any atom is 0.223 e. The molecule has 1 aromatic heterocycles. The maximum absolute atomic E-state index is 13.6. The molecule has 5 nitrogen and oxygen atoms in total. The molecule has 3 N–H and O–H groups in total. The third kappa shape index (κ3) is 3.34. The minimum absolute atomic E-state index is 0.193. The predicted molar refractivity (Wildman–Crippen MR) is 79.1 cm³/mol. The zero-order valence-electron chi connectivity index (χ0n) is 11.6. The summed E-state index contributed by atoms with van der Waals surface area (Å²) in [5, 5.41) is 3.09. The monoisotopic (exact) mass is 275 g/mol. The van der Waals surface area contributed by atoms with Crippen LogP contribution in [0, 0.1) is 5.82 Å². The van der Waals surface area contributed by atoms with E-state index in [1.54, 1.807) is 18.2 Å². The normalized spacial score (nSPS) is 10.3. The summed E-state index contributed by atoms with van der Waals surface area (Å²) in [6.07, 6.45) is 0. The van der Waals surface area contributed by atoms with Gasteiger partial charge < -0.3 is 16.0 Å². The number of hydrogen-bond donors (Lipinski definition) is 2. The van der Waals surface area contributed by atoms with E-state index in [1.165, 1.54) is 6.07 Å². The van der Waals surface area contributed by atoms with Gasteiger partial charge in [-0.25, -0.2) is 4.39 Å². The molecule has 0 aliphatic carbocycles. The van der Waals surface area contributed by atoms with Gasteiger partial charge in [0.15, 0.2) is 0 Å². The van der Waals surface area contributed by atoms with Crippen LogP contribution < -0.4 is 16.0 Å². The number of rotatable bonds is 5. The summed E-state index contributed by atoms with van der Waals surface area (Å²) < 4.78 is 13.6. The second-order valence-corrected chi connectivity index (χ2v) is 4.45. The third-order valence-electron chi connectivity index (χ3n) is 2.84. The van der Waals surface area contributed by atoms with Crippen molar-refractivity contribution in [3.63, 3.8) is 0 Å². The van der Waals surface area contributed by atoms with Gasteiger partial charge in [-0.15, -0.1) is 0 Å². The smallest absolute Gasteiger partial charge is 0.223 e. The second kappa shape index (κ2) is 6.18. The Morgan fingerprint density at radius 2 is 2.05 bits per heavy atom. The molecule has 0 spiro atoms. The van der Waals surface area contributed by atoms with Crippen molar-refractivity contribution in [2.75, 3.05) is 29.5 Å². The van der Waals surface area contributed by atoms with Crippen molar-refractivity contribution in [1.29, 1.82) is 0 Å². The number of nitrogens with zero attached hydrogens (tertiary/aromatic N) is 3. The van der Waals surface area contributed by atoms with Gasteiger partial charge in [-0.3, -0.25) is 0 Å². The molecule has 6 heteroatoms. The van der Waals surface area contributed by atoms with Crippen LogP contribution in [0.15, 0.2) is 30.3 Å². The highest BCUT2D eigenvalue weighted by Crippen LogP contribution is 2.18. The Morgan fingerprint density at radius 3 is 2.75 bits per heavy atom. The van der Waals surface area contributed by atoms with Crippen LogP contribution in [-0.2, 0) is 6.54 Å². The van der Waals surface area contributed by atoms with Crippen molar-refractivity contribution in [3.8, 4) is 0 Å². The van der Waals surface area contributed by atoms with E-state index in [1.807, 2.05) is 24.9 Å². The molecule has 0 atom stereocenters. The molecule has 20 heavy (non-hydrogen) atoms. The summed E-state index contributed by atoms with van der Waals surface area (Å²) in [5.41, 5.74) is 6.30. The Morgan fingerprint density at radius 1 is 1.30 bits per heavy atom.